The lowest BCUT2D eigenvalue weighted by Gasteiger charge is -2.34. The fourth-order valence-electron chi connectivity index (χ4n) is 3.15. The highest BCUT2D eigenvalue weighted by molar-refractivity contribution is 5.87. The van der Waals surface area contributed by atoms with Crippen molar-refractivity contribution in [2.45, 2.75) is 26.8 Å². The lowest BCUT2D eigenvalue weighted by molar-refractivity contribution is -0.892. The van der Waals surface area contributed by atoms with Crippen LogP contribution in [0.4, 0.5) is 5.69 Å². The van der Waals surface area contributed by atoms with Gasteiger partial charge < -0.3 is 25.2 Å². The van der Waals surface area contributed by atoms with Crippen LogP contribution in [0.3, 0.4) is 0 Å². The summed E-state index contributed by atoms with van der Waals surface area (Å²) in [4.78, 5) is 27.4. The third-order valence-electron chi connectivity index (χ3n) is 4.51. The second-order valence-electron chi connectivity index (χ2n) is 6.50. The molecule has 2 rings (SSSR count). The maximum absolute atomic E-state index is 12.2. The normalized spacial score (nSPS) is 16.0. The van der Waals surface area contributed by atoms with Crippen molar-refractivity contribution in [2.24, 2.45) is 0 Å². The van der Waals surface area contributed by atoms with Crippen LogP contribution in [0.15, 0.2) is 24.3 Å². The second-order valence-corrected chi connectivity index (χ2v) is 6.50. The molecule has 0 aromatic heterocycles. The Hall–Kier alpha value is -2.28. The van der Waals surface area contributed by atoms with E-state index in [4.69, 9.17) is 4.74 Å². The van der Waals surface area contributed by atoms with Crippen molar-refractivity contribution in [3.05, 3.63) is 24.3 Å². The number of para-hydroxylation sites is 2. The molecule has 1 aliphatic heterocycles. The minimum Gasteiger partial charge on any atom is -0.492 e. The summed E-state index contributed by atoms with van der Waals surface area (Å²) in [5.41, 5.74) is 1.11. The van der Waals surface area contributed by atoms with Crippen LogP contribution in [-0.2, 0) is 9.59 Å². The molecular weight excluding hydrogens is 332 g/mol. The molecule has 0 bridgehead atoms. The van der Waals surface area contributed by atoms with Gasteiger partial charge in [-0.25, -0.2) is 0 Å². The van der Waals surface area contributed by atoms with Crippen LogP contribution in [0.1, 0.15) is 20.8 Å². The number of carbonyl (C=O) groups excluding carboxylic acids is 2. The molecule has 1 aliphatic rings. The van der Waals surface area contributed by atoms with Crippen molar-refractivity contribution in [1.29, 1.82) is 0 Å². The predicted octanol–water partition coefficient (Wildman–Crippen LogP) is -0.569. The zero-order valence-electron chi connectivity index (χ0n) is 16.0. The minimum atomic E-state index is -0.499. The monoisotopic (exact) mass is 363 g/mol. The molecule has 0 spiro atoms. The molecule has 0 unspecified atom stereocenters. The molecule has 1 saturated heterocycles. The molecule has 7 nitrogen and oxygen atoms in total. The first-order chi connectivity index (χ1) is 12.5. The maximum atomic E-state index is 12.2. The molecule has 2 amide bonds. The standard InChI is InChI=1S/C19H30N4O3/c1-4-20-19(25)15(3)21-18(24)14-22-10-12-23(13-11-22)16-8-6-7-9-17(16)26-5-2/h6-9,15H,4-5,10-14H2,1-3H3,(H,20,25)(H,21,24)/p+1/t15-/m0/s1. The third-order valence-corrected chi connectivity index (χ3v) is 4.51. The average Bonchev–Trinajstić information content (AvgIpc) is 2.63. The van der Waals surface area contributed by atoms with Gasteiger partial charge in [-0.3, -0.25) is 9.59 Å². The number of hydrogen-bond acceptors (Lipinski definition) is 4. The number of nitrogens with one attached hydrogen (secondary N) is 3. The molecule has 1 fully saturated rings. The smallest absolute Gasteiger partial charge is 0.275 e. The molecule has 0 aliphatic carbocycles. The number of rotatable bonds is 8. The van der Waals surface area contributed by atoms with Crippen molar-refractivity contribution in [3.63, 3.8) is 0 Å². The predicted molar refractivity (Wildman–Crippen MR) is 102 cm³/mol. The lowest BCUT2D eigenvalue weighted by Crippen LogP contribution is -3.16. The number of carbonyl (C=O) groups is 2. The summed E-state index contributed by atoms with van der Waals surface area (Å²) in [6.07, 6.45) is 0. The molecule has 1 aromatic carbocycles. The molecule has 1 aromatic rings. The third kappa shape index (κ3) is 5.62. The topological polar surface area (TPSA) is 75.1 Å². The van der Waals surface area contributed by atoms with Gasteiger partial charge in [0, 0.05) is 6.54 Å². The van der Waals surface area contributed by atoms with Gasteiger partial charge in [0.15, 0.2) is 6.54 Å². The van der Waals surface area contributed by atoms with E-state index in [1.807, 2.05) is 32.0 Å². The van der Waals surface area contributed by atoms with E-state index in [0.29, 0.717) is 19.7 Å². The van der Waals surface area contributed by atoms with Crippen LogP contribution in [0, 0.1) is 0 Å². The highest BCUT2D eigenvalue weighted by Gasteiger charge is 2.25. The van der Waals surface area contributed by atoms with Gasteiger partial charge in [0.2, 0.25) is 5.91 Å². The molecule has 1 atom stereocenters. The highest BCUT2D eigenvalue weighted by Crippen LogP contribution is 2.27. The van der Waals surface area contributed by atoms with Crippen molar-refractivity contribution in [2.75, 3.05) is 50.8 Å². The van der Waals surface area contributed by atoms with E-state index < -0.39 is 6.04 Å². The molecule has 1 heterocycles. The SMILES string of the molecule is CCNC(=O)[C@H](C)NC(=O)C[NH+]1CCN(c2ccccc2OCC)CC1. The number of quaternary nitrogens is 1. The number of anilines is 1. The molecular formula is C19H31N4O3+. The summed E-state index contributed by atoms with van der Waals surface area (Å²) in [7, 11) is 0. The Morgan fingerprint density at radius 2 is 1.92 bits per heavy atom. The van der Waals surface area contributed by atoms with Crippen molar-refractivity contribution in [3.8, 4) is 5.75 Å². The largest absolute Gasteiger partial charge is 0.492 e. The van der Waals surface area contributed by atoms with Crippen LogP contribution in [0.25, 0.3) is 0 Å². The Labute approximate surface area is 155 Å². The quantitative estimate of drug-likeness (QED) is 0.578. The maximum Gasteiger partial charge on any atom is 0.275 e. The van der Waals surface area contributed by atoms with E-state index in [1.165, 1.54) is 4.90 Å². The number of benzene rings is 1. The Morgan fingerprint density at radius 3 is 2.58 bits per heavy atom. The number of piperazine rings is 1. The Bertz CT molecular complexity index is 600. The number of likely N-dealkylation sites (N-methyl/N-ethyl adjacent to an activating group) is 1. The van der Waals surface area contributed by atoms with Gasteiger partial charge in [0.05, 0.1) is 38.5 Å². The van der Waals surface area contributed by atoms with Crippen LogP contribution >= 0.6 is 0 Å². The first-order valence-electron chi connectivity index (χ1n) is 9.42. The summed E-state index contributed by atoms with van der Waals surface area (Å²) < 4.78 is 5.72. The van der Waals surface area contributed by atoms with Gasteiger partial charge in [0.1, 0.15) is 11.8 Å². The van der Waals surface area contributed by atoms with Crippen LogP contribution < -0.4 is 25.2 Å². The van der Waals surface area contributed by atoms with Gasteiger partial charge in [-0.15, -0.1) is 0 Å². The van der Waals surface area contributed by atoms with Gasteiger partial charge in [-0.1, -0.05) is 12.1 Å². The number of ether oxygens (including phenoxy) is 1. The van der Waals surface area contributed by atoms with Gasteiger partial charge in [-0.2, -0.15) is 0 Å². The molecule has 3 N–H and O–H groups in total. The summed E-state index contributed by atoms with van der Waals surface area (Å²) in [6, 6.07) is 7.58. The zero-order chi connectivity index (χ0) is 18.9. The summed E-state index contributed by atoms with van der Waals surface area (Å²) in [5, 5.41) is 5.49. The summed E-state index contributed by atoms with van der Waals surface area (Å²) >= 11 is 0. The van der Waals surface area contributed by atoms with Gasteiger partial charge in [0.25, 0.3) is 5.91 Å². The van der Waals surface area contributed by atoms with E-state index in [0.717, 1.165) is 37.6 Å². The van der Waals surface area contributed by atoms with Gasteiger partial charge >= 0.3 is 0 Å². The van der Waals surface area contributed by atoms with Gasteiger partial charge in [-0.05, 0) is 32.9 Å². The van der Waals surface area contributed by atoms with Crippen molar-refractivity contribution >= 4 is 17.5 Å². The van der Waals surface area contributed by atoms with Crippen LogP contribution in [-0.4, -0.2) is 63.7 Å². The average molecular weight is 363 g/mol. The fourth-order valence-corrected chi connectivity index (χ4v) is 3.15. The molecule has 0 radical (unpaired) electrons. The molecule has 0 saturated carbocycles. The summed E-state index contributed by atoms with van der Waals surface area (Å²) in [5.74, 6) is 0.682. The minimum absolute atomic E-state index is 0.0816. The lowest BCUT2D eigenvalue weighted by atomic mass is 10.2. The van der Waals surface area contributed by atoms with E-state index in [-0.39, 0.29) is 11.8 Å². The van der Waals surface area contributed by atoms with E-state index in [2.05, 4.69) is 21.6 Å². The Balaban J connectivity index is 1.81. The first kappa shape index (κ1) is 20.0. The van der Waals surface area contributed by atoms with E-state index >= 15 is 0 Å². The number of hydrogen-bond donors (Lipinski definition) is 3. The Morgan fingerprint density at radius 1 is 1.23 bits per heavy atom. The second kappa shape index (κ2) is 10.0. The summed E-state index contributed by atoms with van der Waals surface area (Å²) in [6.45, 7) is 10.7. The van der Waals surface area contributed by atoms with Crippen molar-refractivity contribution < 1.29 is 19.2 Å². The van der Waals surface area contributed by atoms with Crippen LogP contribution in [0.2, 0.25) is 0 Å². The van der Waals surface area contributed by atoms with E-state index in [1.54, 1.807) is 6.92 Å². The highest BCUT2D eigenvalue weighted by atomic mass is 16.5. The van der Waals surface area contributed by atoms with Crippen LogP contribution in [0.5, 0.6) is 5.75 Å². The first-order valence-corrected chi connectivity index (χ1v) is 9.42. The zero-order valence-corrected chi connectivity index (χ0v) is 16.0. The van der Waals surface area contributed by atoms with Crippen molar-refractivity contribution in [1.82, 2.24) is 10.6 Å². The Kier molecular flexibility index (Phi) is 7.72. The van der Waals surface area contributed by atoms with E-state index in [9.17, 15) is 9.59 Å². The number of nitrogens with zero attached hydrogens (tertiary/aromatic N) is 1. The molecule has 144 valence electrons. The number of amides is 2. The molecule has 7 heteroatoms. The molecule has 26 heavy (non-hydrogen) atoms. The fraction of sp³-hybridized carbons (Fsp3) is 0.579.